The molecule has 1 aromatic heterocycles. The molecular weight excluding hydrogens is 324 g/mol. The highest BCUT2D eigenvalue weighted by Gasteiger charge is 2.14. The topological polar surface area (TPSA) is 42.7 Å². The van der Waals surface area contributed by atoms with Crippen LogP contribution in [0.1, 0.15) is 18.7 Å². The van der Waals surface area contributed by atoms with Gasteiger partial charge in [-0.25, -0.2) is 0 Å². The van der Waals surface area contributed by atoms with Crippen LogP contribution >= 0.6 is 27.7 Å². The fourth-order valence-corrected chi connectivity index (χ4v) is 3.06. The number of aromatic nitrogens is 3. The van der Waals surface area contributed by atoms with Crippen LogP contribution in [0.25, 0.3) is 0 Å². The quantitative estimate of drug-likeness (QED) is 0.821. The monoisotopic (exact) mass is 340 g/mol. The van der Waals surface area contributed by atoms with Crippen LogP contribution in [0, 0.1) is 0 Å². The predicted octanol–water partition coefficient (Wildman–Crippen LogP) is 3.02. The van der Waals surface area contributed by atoms with E-state index in [2.05, 4.69) is 62.7 Å². The minimum atomic E-state index is 0.263. The van der Waals surface area contributed by atoms with Crippen molar-refractivity contribution in [3.63, 3.8) is 0 Å². The van der Waals surface area contributed by atoms with Gasteiger partial charge in [-0.3, -0.25) is 4.68 Å². The summed E-state index contributed by atoms with van der Waals surface area (Å²) in [6.45, 7) is 3.04. The molecule has 1 unspecified atom stereocenters. The second-order valence-corrected chi connectivity index (χ2v) is 6.17. The molecule has 0 saturated heterocycles. The summed E-state index contributed by atoms with van der Waals surface area (Å²) in [6.07, 6.45) is 1.83. The number of rotatable bonds is 6. The summed E-state index contributed by atoms with van der Waals surface area (Å²) < 4.78 is 2.94. The fraction of sp³-hybridized carbons (Fsp3) is 0.385. The van der Waals surface area contributed by atoms with E-state index in [0.717, 1.165) is 22.5 Å². The van der Waals surface area contributed by atoms with Gasteiger partial charge in [0.1, 0.15) is 0 Å². The van der Waals surface area contributed by atoms with Gasteiger partial charge in [-0.15, -0.1) is 16.9 Å². The van der Waals surface area contributed by atoms with Crippen LogP contribution < -0.4 is 5.32 Å². The molecule has 0 saturated carbocycles. The Balaban J connectivity index is 2.01. The highest BCUT2D eigenvalue weighted by atomic mass is 79.9. The van der Waals surface area contributed by atoms with E-state index in [1.54, 1.807) is 0 Å². The van der Waals surface area contributed by atoms with Crippen LogP contribution in [-0.4, -0.2) is 27.3 Å². The zero-order valence-electron chi connectivity index (χ0n) is 11.0. The SMILES string of the molecule is CCNC(CSc1ccc(Br)cc1)c1cnnn1C. The Morgan fingerprint density at radius 1 is 1.37 bits per heavy atom. The third kappa shape index (κ3) is 4.06. The van der Waals surface area contributed by atoms with E-state index in [1.165, 1.54) is 4.90 Å². The summed E-state index contributed by atoms with van der Waals surface area (Å²) in [5.41, 5.74) is 1.12. The van der Waals surface area contributed by atoms with Crippen LogP contribution in [-0.2, 0) is 7.05 Å². The Bertz CT molecular complexity index is 512. The second kappa shape index (κ2) is 7.07. The van der Waals surface area contributed by atoms with Gasteiger partial charge in [0.15, 0.2) is 0 Å². The van der Waals surface area contributed by atoms with Gasteiger partial charge in [-0.05, 0) is 30.8 Å². The molecular formula is C13H17BrN4S. The summed E-state index contributed by atoms with van der Waals surface area (Å²) in [7, 11) is 1.93. The van der Waals surface area contributed by atoms with E-state index in [0.29, 0.717) is 0 Å². The van der Waals surface area contributed by atoms with Crippen molar-refractivity contribution < 1.29 is 0 Å². The Morgan fingerprint density at radius 3 is 2.68 bits per heavy atom. The largest absolute Gasteiger partial charge is 0.308 e. The van der Waals surface area contributed by atoms with E-state index >= 15 is 0 Å². The van der Waals surface area contributed by atoms with Gasteiger partial charge in [0.05, 0.1) is 17.9 Å². The Hall–Kier alpha value is -0.850. The lowest BCUT2D eigenvalue weighted by molar-refractivity contribution is 0.549. The van der Waals surface area contributed by atoms with Gasteiger partial charge in [0.2, 0.25) is 0 Å². The summed E-state index contributed by atoms with van der Waals surface area (Å²) >= 11 is 5.28. The van der Waals surface area contributed by atoms with Gasteiger partial charge < -0.3 is 5.32 Å². The molecule has 0 radical (unpaired) electrons. The van der Waals surface area contributed by atoms with Crippen LogP contribution in [0.5, 0.6) is 0 Å². The molecule has 2 aromatic rings. The van der Waals surface area contributed by atoms with E-state index in [1.807, 2.05) is 29.7 Å². The summed E-state index contributed by atoms with van der Waals surface area (Å²) in [5.74, 6) is 0.955. The number of hydrogen-bond acceptors (Lipinski definition) is 4. The van der Waals surface area contributed by atoms with Gasteiger partial charge >= 0.3 is 0 Å². The third-order valence-corrected chi connectivity index (χ3v) is 4.42. The molecule has 2 rings (SSSR count). The fourth-order valence-electron chi connectivity index (χ4n) is 1.82. The van der Waals surface area contributed by atoms with E-state index in [-0.39, 0.29) is 6.04 Å². The number of nitrogens with one attached hydrogen (secondary N) is 1. The molecule has 0 spiro atoms. The predicted molar refractivity (Wildman–Crippen MR) is 82.3 cm³/mol. The first-order valence-corrected chi connectivity index (χ1v) is 7.95. The smallest absolute Gasteiger partial charge is 0.0761 e. The molecule has 19 heavy (non-hydrogen) atoms. The Morgan fingerprint density at radius 2 is 2.11 bits per heavy atom. The molecule has 1 atom stereocenters. The van der Waals surface area contributed by atoms with Crippen molar-refractivity contribution >= 4 is 27.7 Å². The average molecular weight is 341 g/mol. The van der Waals surface area contributed by atoms with Crippen molar-refractivity contribution in [3.8, 4) is 0 Å². The molecule has 1 N–H and O–H groups in total. The molecule has 1 heterocycles. The molecule has 0 amide bonds. The Kier molecular flexibility index (Phi) is 5.42. The first kappa shape index (κ1) is 14.6. The molecule has 0 aliphatic heterocycles. The van der Waals surface area contributed by atoms with Gasteiger partial charge in [-0.1, -0.05) is 28.1 Å². The number of halogens is 1. The normalized spacial score (nSPS) is 12.6. The number of aryl methyl sites for hydroxylation is 1. The minimum absolute atomic E-state index is 0.263. The van der Waals surface area contributed by atoms with Crippen LogP contribution in [0.2, 0.25) is 0 Å². The van der Waals surface area contributed by atoms with Gasteiger partial charge in [0.25, 0.3) is 0 Å². The standard InChI is InChI=1S/C13H17BrN4S/c1-3-15-12(13-8-16-17-18(13)2)9-19-11-6-4-10(14)5-7-11/h4-8,12,15H,3,9H2,1-2H3. The van der Waals surface area contributed by atoms with Crippen molar-refractivity contribution in [1.29, 1.82) is 0 Å². The molecule has 0 bridgehead atoms. The maximum absolute atomic E-state index is 4.00. The van der Waals surface area contributed by atoms with Crippen LogP contribution in [0.4, 0.5) is 0 Å². The van der Waals surface area contributed by atoms with Crippen molar-refractivity contribution in [2.75, 3.05) is 12.3 Å². The second-order valence-electron chi connectivity index (χ2n) is 4.16. The molecule has 102 valence electrons. The first-order chi connectivity index (χ1) is 9.20. The highest BCUT2D eigenvalue weighted by molar-refractivity contribution is 9.10. The lowest BCUT2D eigenvalue weighted by Crippen LogP contribution is -2.25. The van der Waals surface area contributed by atoms with Crippen molar-refractivity contribution in [3.05, 3.63) is 40.6 Å². The molecule has 6 heteroatoms. The first-order valence-electron chi connectivity index (χ1n) is 6.17. The molecule has 0 aliphatic carbocycles. The number of benzene rings is 1. The minimum Gasteiger partial charge on any atom is -0.308 e. The molecule has 0 fully saturated rings. The van der Waals surface area contributed by atoms with Gasteiger partial charge in [0, 0.05) is 22.2 Å². The van der Waals surface area contributed by atoms with E-state index in [4.69, 9.17) is 0 Å². The highest BCUT2D eigenvalue weighted by Crippen LogP contribution is 2.25. The zero-order valence-corrected chi connectivity index (χ0v) is 13.4. The lowest BCUT2D eigenvalue weighted by atomic mass is 10.2. The van der Waals surface area contributed by atoms with Crippen molar-refractivity contribution in [2.24, 2.45) is 7.05 Å². The van der Waals surface area contributed by atoms with Crippen LogP contribution in [0.15, 0.2) is 39.8 Å². The Labute approximate surface area is 126 Å². The maximum atomic E-state index is 4.00. The molecule has 1 aromatic carbocycles. The van der Waals surface area contributed by atoms with Crippen molar-refractivity contribution in [1.82, 2.24) is 20.3 Å². The van der Waals surface area contributed by atoms with Crippen molar-refractivity contribution in [2.45, 2.75) is 17.9 Å². The number of nitrogens with zero attached hydrogens (tertiary/aromatic N) is 3. The van der Waals surface area contributed by atoms with Gasteiger partial charge in [-0.2, -0.15) is 0 Å². The number of hydrogen-bond donors (Lipinski definition) is 1. The molecule has 4 nitrogen and oxygen atoms in total. The number of thioether (sulfide) groups is 1. The zero-order chi connectivity index (χ0) is 13.7. The summed E-state index contributed by atoms with van der Waals surface area (Å²) in [6, 6.07) is 8.64. The summed E-state index contributed by atoms with van der Waals surface area (Å²) in [4.78, 5) is 1.27. The molecule has 0 aliphatic rings. The van der Waals surface area contributed by atoms with E-state index < -0.39 is 0 Å². The average Bonchev–Trinajstić information content (AvgIpc) is 2.83. The van der Waals surface area contributed by atoms with Crippen LogP contribution in [0.3, 0.4) is 0 Å². The summed E-state index contributed by atoms with van der Waals surface area (Å²) in [5, 5.41) is 11.4. The third-order valence-electron chi connectivity index (χ3n) is 2.79. The maximum Gasteiger partial charge on any atom is 0.0761 e. The lowest BCUT2D eigenvalue weighted by Gasteiger charge is -2.17. The van der Waals surface area contributed by atoms with E-state index in [9.17, 15) is 0 Å².